The molecule has 2 rings (SSSR count). The minimum Gasteiger partial charge on any atom is -0.477 e. The molecule has 0 aliphatic carbocycles. The Kier molecular flexibility index (Phi) is 12.0. The molecule has 150 valence electrons. The van der Waals surface area contributed by atoms with E-state index in [9.17, 15) is 9.90 Å². The predicted molar refractivity (Wildman–Crippen MR) is 116 cm³/mol. The molecule has 0 unspecified atom stereocenters. The standard InChI is InChI=1S/C16H11NO2.C9H17N/c17-11-14(16(18)19)15(12-7-3-1-4-8-12)13-9-5-2-6-10-13;1-2-3-4-5-6-7-8-9-10/h1-10H,(H,18,19);2-8H2,1H3. The molecule has 29 heavy (non-hydrogen) atoms. The summed E-state index contributed by atoms with van der Waals surface area (Å²) in [6, 6.07) is 22.1. The number of carboxylic acids is 1. The van der Waals surface area contributed by atoms with E-state index in [-0.39, 0.29) is 5.57 Å². The molecule has 0 bridgehead atoms. The van der Waals surface area contributed by atoms with Crippen molar-refractivity contribution in [3.8, 4) is 12.1 Å². The van der Waals surface area contributed by atoms with Crippen LogP contribution < -0.4 is 0 Å². The summed E-state index contributed by atoms with van der Waals surface area (Å²) in [6.45, 7) is 2.22. The number of rotatable bonds is 9. The molecule has 0 aliphatic heterocycles. The van der Waals surface area contributed by atoms with Gasteiger partial charge < -0.3 is 5.11 Å². The number of hydrogen-bond acceptors (Lipinski definition) is 3. The molecule has 0 radical (unpaired) electrons. The van der Waals surface area contributed by atoms with Gasteiger partial charge in [0.25, 0.3) is 0 Å². The Labute approximate surface area is 173 Å². The van der Waals surface area contributed by atoms with Crippen molar-refractivity contribution in [2.75, 3.05) is 0 Å². The molecular formula is C25H28N2O2. The van der Waals surface area contributed by atoms with Gasteiger partial charge in [0, 0.05) is 12.0 Å². The average molecular weight is 389 g/mol. The van der Waals surface area contributed by atoms with Crippen LogP contribution in [0.15, 0.2) is 66.2 Å². The number of nitrogens with zero attached hydrogens (tertiary/aromatic N) is 2. The lowest BCUT2D eigenvalue weighted by Gasteiger charge is -2.09. The van der Waals surface area contributed by atoms with E-state index in [1.54, 1.807) is 30.3 Å². The molecule has 2 aromatic rings. The van der Waals surface area contributed by atoms with Gasteiger partial charge in [0.15, 0.2) is 0 Å². The van der Waals surface area contributed by atoms with Crippen molar-refractivity contribution in [1.29, 1.82) is 10.5 Å². The lowest BCUT2D eigenvalue weighted by Crippen LogP contribution is -2.03. The maximum absolute atomic E-state index is 11.2. The van der Waals surface area contributed by atoms with E-state index >= 15 is 0 Å². The van der Waals surface area contributed by atoms with Crippen LogP contribution in [0.1, 0.15) is 63.0 Å². The molecule has 0 aliphatic rings. The van der Waals surface area contributed by atoms with E-state index in [0.29, 0.717) is 16.7 Å². The first-order chi connectivity index (χ1) is 14.2. The summed E-state index contributed by atoms with van der Waals surface area (Å²) in [6.07, 6.45) is 8.40. The highest BCUT2D eigenvalue weighted by Crippen LogP contribution is 2.26. The quantitative estimate of drug-likeness (QED) is 0.308. The molecule has 4 heteroatoms. The van der Waals surface area contributed by atoms with Crippen molar-refractivity contribution < 1.29 is 9.90 Å². The van der Waals surface area contributed by atoms with Gasteiger partial charge in [-0.3, -0.25) is 0 Å². The smallest absolute Gasteiger partial charge is 0.347 e. The second-order valence-electron chi connectivity index (χ2n) is 6.57. The van der Waals surface area contributed by atoms with Gasteiger partial charge in [0.2, 0.25) is 0 Å². The van der Waals surface area contributed by atoms with Gasteiger partial charge in [-0.05, 0) is 17.5 Å². The summed E-state index contributed by atoms with van der Waals surface area (Å²) >= 11 is 0. The summed E-state index contributed by atoms with van der Waals surface area (Å²) < 4.78 is 0. The molecule has 0 spiro atoms. The molecule has 2 aromatic carbocycles. The third-order valence-corrected chi connectivity index (χ3v) is 4.34. The van der Waals surface area contributed by atoms with Crippen molar-refractivity contribution >= 4 is 11.5 Å². The SMILES string of the molecule is CCCCCCCCC#N.N#CC(C(=O)O)=C(c1ccccc1)c1ccccc1. The van der Waals surface area contributed by atoms with E-state index in [2.05, 4.69) is 13.0 Å². The largest absolute Gasteiger partial charge is 0.477 e. The summed E-state index contributed by atoms with van der Waals surface area (Å²) in [5, 5.41) is 26.5. The van der Waals surface area contributed by atoms with Gasteiger partial charge in [-0.25, -0.2) is 4.79 Å². The van der Waals surface area contributed by atoms with Gasteiger partial charge in [-0.2, -0.15) is 10.5 Å². The first-order valence-electron chi connectivity index (χ1n) is 10.0. The zero-order chi connectivity index (χ0) is 21.3. The molecule has 0 aromatic heterocycles. The van der Waals surface area contributed by atoms with Crippen LogP contribution in [0.2, 0.25) is 0 Å². The van der Waals surface area contributed by atoms with E-state index < -0.39 is 5.97 Å². The van der Waals surface area contributed by atoms with Crippen LogP contribution in [0.25, 0.3) is 5.57 Å². The van der Waals surface area contributed by atoms with E-state index in [1.807, 2.05) is 36.4 Å². The highest BCUT2D eigenvalue weighted by Gasteiger charge is 2.17. The molecular weight excluding hydrogens is 360 g/mol. The monoisotopic (exact) mass is 388 g/mol. The van der Waals surface area contributed by atoms with Crippen LogP contribution in [-0.2, 0) is 4.79 Å². The molecule has 0 amide bonds. The molecule has 0 saturated carbocycles. The zero-order valence-corrected chi connectivity index (χ0v) is 17.0. The topological polar surface area (TPSA) is 84.9 Å². The zero-order valence-electron chi connectivity index (χ0n) is 17.0. The highest BCUT2D eigenvalue weighted by molar-refractivity contribution is 6.04. The first-order valence-corrected chi connectivity index (χ1v) is 10.0. The second-order valence-corrected chi connectivity index (χ2v) is 6.57. The number of carbonyl (C=O) groups is 1. The Morgan fingerprint density at radius 3 is 1.72 bits per heavy atom. The number of benzene rings is 2. The van der Waals surface area contributed by atoms with E-state index in [1.165, 1.54) is 32.1 Å². The lowest BCUT2D eigenvalue weighted by molar-refractivity contribution is -0.132. The molecule has 4 nitrogen and oxygen atoms in total. The molecule has 1 N–H and O–H groups in total. The van der Waals surface area contributed by atoms with Crippen molar-refractivity contribution in [3.05, 3.63) is 77.4 Å². The Morgan fingerprint density at radius 1 is 0.828 bits per heavy atom. The normalized spacial score (nSPS) is 9.34. The Bertz CT molecular complexity index is 802. The molecule has 0 heterocycles. The summed E-state index contributed by atoms with van der Waals surface area (Å²) in [5.41, 5.74) is 1.62. The molecule has 0 saturated heterocycles. The number of nitriles is 2. The van der Waals surface area contributed by atoms with Gasteiger partial charge >= 0.3 is 5.97 Å². The van der Waals surface area contributed by atoms with Gasteiger partial charge in [0.05, 0.1) is 6.07 Å². The fourth-order valence-electron chi connectivity index (χ4n) is 2.86. The van der Waals surface area contributed by atoms with Gasteiger partial charge in [0.1, 0.15) is 11.6 Å². The fourth-order valence-corrected chi connectivity index (χ4v) is 2.86. The maximum Gasteiger partial charge on any atom is 0.347 e. The first kappa shape index (κ1) is 23.7. The number of aliphatic carboxylic acids is 1. The van der Waals surface area contributed by atoms with Gasteiger partial charge in [-0.15, -0.1) is 0 Å². The minimum atomic E-state index is -1.22. The number of carboxylic acid groups (broad SMARTS) is 1. The predicted octanol–water partition coefficient (Wildman–Crippen LogP) is 6.36. The Hall–Kier alpha value is -3.37. The minimum absolute atomic E-state index is 0.252. The fraction of sp³-hybridized carbons (Fsp3) is 0.320. The van der Waals surface area contributed by atoms with Crippen molar-refractivity contribution in [2.45, 2.75) is 51.9 Å². The summed E-state index contributed by atoms with van der Waals surface area (Å²) in [4.78, 5) is 11.2. The molecule has 0 atom stereocenters. The second kappa shape index (κ2) is 14.7. The third-order valence-electron chi connectivity index (χ3n) is 4.34. The van der Waals surface area contributed by atoms with Crippen molar-refractivity contribution in [3.63, 3.8) is 0 Å². The van der Waals surface area contributed by atoms with Crippen LogP contribution in [0, 0.1) is 22.7 Å². The van der Waals surface area contributed by atoms with Crippen LogP contribution in [0.3, 0.4) is 0 Å². The Balaban J connectivity index is 0.000000359. The van der Waals surface area contributed by atoms with Crippen molar-refractivity contribution in [1.82, 2.24) is 0 Å². The van der Waals surface area contributed by atoms with Crippen LogP contribution >= 0.6 is 0 Å². The van der Waals surface area contributed by atoms with Crippen LogP contribution in [0.5, 0.6) is 0 Å². The summed E-state index contributed by atoms with van der Waals surface area (Å²) in [7, 11) is 0. The van der Waals surface area contributed by atoms with E-state index in [4.69, 9.17) is 10.5 Å². The van der Waals surface area contributed by atoms with Crippen LogP contribution in [-0.4, -0.2) is 11.1 Å². The van der Waals surface area contributed by atoms with Gasteiger partial charge in [-0.1, -0.05) is 99.7 Å². The van der Waals surface area contributed by atoms with Crippen molar-refractivity contribution in [2.24, 2.45) is 0 Å². The molecule has 0 fully saturated rings. The number of hydrogen-bond donors (Lipinski definition) is 1. The summed E-state index contributed by atoms with van der Waals surface area (Å²) in [5.74, 6) is -1.22. The highest BCUT2D eigenvalue weighted by atomic mass is 16.4. The third kappa shape index (κ3) is 8.91. The number of unbranched alkanes of at least 4 members (excludes halogenated alkanes) is 6. The average Bonchev–Trinajstić information content (AvgIpc) is 2.76. The lowest BCUT2D eigenvalue weighted by atomic mass is 9.93. The maximum atomic E-state index is 11.2. The van der Waals surface area contributed by atoms with E-state index in [0.717, 1.165) is 12.8 Å². The van der Waals surface area contributed by atoms with Crippen LogP contribution in [0.4, 0.5) is 0 Å². The Morgan fingerprint density at radius 2 is 1.31 bits per heavy atom.